The molecule has 0 unspecified atom stereocenters. The number of rotatable bonds is 3. The molecule has 0 aromatic rings. The molecule has 2 aliphatic rings. The third-order valence-electron chi connectivity index (χ3n) is 6.74. The average molecular weight is 282 g/mol. The van der Waals surface area contributed by atoms with Gasteiger partial charge in [0, 0.05) is 23.9 Å². The summed E-state index contributed by atoms with van der Waals surface area (Å²) in [6.07, 6.45) is 3.06. The van der Waals surface area contributed by atoms with Crippen molar-refractivity contribution in [3.8, 4) is 0 Å². The molecule has 19 heavy (non-hydrogen) atoms. The third kappa shape index (κ3) is 2.04. The summed E-state index contributed by atoms with van der Waals surface area (Å²) in [6, 6.07) is 0. The van der Waals surface area contributed by atoms with Crippen molar-refractivity contribution >= 4 is 14.1 Å². The highest BCUT2D eigenvalue weighted by Gasteiger charge is 2.64. The van der Waals surface area contributed by atoms with Crippen LogP contribution in [0, 0.1) is 16.7 Å². The minimum atomic E-state index is -1.72. The van der Waals surface area contributed by atoms with Gasteiger partial charge in [-0.3, -0.25) is 4.79 Å². The SMILES string of the molecule is CC(C)(C)[Si](C)(C)OC[C@]1(C)[C@H]2CC[C@]1(C)C(=O)C2. The van der Waals surface area contributed by atoms with Crippen LogP contribution in [-0.4, -0.2) is 20.7 Å². The topological polar surface area (TPSA) is 26.3 Å². The monoisotopic (exact) mass is 282 g/mol. The number of carbonyl (C=O) groups is 1. The molecule has 2 aliphatic carbocycles. The molecule has 2 nitrogen and oxygen atoms in total. The fourth-order valence-corrected chi connectivity index (χ4v) is 4.67. The van der Waals surface area contributed by atoms with E-state index in [-0.39, 0.29) is 15.9 Å². The summed E-state index contributed by atoms with van der Waals surface area (Å²) in [5.74, 6) is 1.03. The van der Waals surface area contributed by atoms with Gasteiger partial charge in [0.2, 0.25) is 0 Å². The van der Waals surface area contributed by atoms with Gasteiger partial charge in [0.25, 0.3) is 0 Å². The summed E-state index contributed by atoms with van der Waals surface area (Å²) in [5.41, 5.74) is -0.0559. The molecular weight excluding hydrogens is 252 g/mol. The van der Waals surface area contributed by atoms with Gasteiger partial charge in [0.15, 0.2) is 8.32 Å². The van der Waals surface area contributed by atoms with Crippen LogP contribution in [0.25, 0.3) is 0 Å². The maximum absolute atomic E-state index is 12.3. The fraction of sp³-hybridized carbons (Fsp3) is 0.938. The number of carbonyl (C=O) groups excluding carboxylic acids is 1. The van der Waals surface area contributed by atoms with Crippen LogP contribution >= 0.6 is 0 Å². The first-order chi connectivity index (χ1) is 8.44. The Labute approximate surface area is 119 Å². The molecule has 2 bridgehead atoms. The van der Waals surface area contributed by atoms with Crippen molar-refractivity contribution in [1.82, 2.24) is 0 Å². The Morgan fingerprint density at radius 2 is 1.89 bits per heavy atom. The molecule has 110 valence electrons. The highest BCUT2D eigenvalue weighted by molar-refractivity contribution is 6.74. The van der Waals surface area contributed by atoms with E-state index in [1.54, 1.807) is 0 Å². The quantitative estimate of drug-likeness (QED) is 0.717. The number of hydrogen-bond acceptors (Lipinski definition) is 2. The summed E-state index contributed by atoms with van der Waals surface area (Å²) < 4.78 is 6.46. The molecule has 0 amide bonds. The van der Waals surface area contributed by atoms with Crippen LogP contribution in [0.1, 0.15) is 53.9 Å². The van der Waals surface area contributed by atoms with Crippen molar-refractivity contribution in [2.45, 2.75) is 72.0 Å². The van der Waals surface area contributed by atoms with Crippen molar-refractivity contribution in [2.24, 2.45) is 16.7 Å². The molecule has 3 atom stereocenters. The number of Topliss-reactive ketones (excluding diaryl/α,β-unsaturated/α-hetero) is 1. The Morgan fingerprint density at radius 3 is 2.26 bits per heavy atom. The van der Waals surface area contributed by atoms with Crippen molar-refractivity contribution in [2.75, 3.05) is 6.61 Å². The van der Waals surface area contributed by atoms with Crippen molar-refractivity contribution in [1.29, 1.82) is 0 Å². The average Bonchev–Trinajstić information content (AvgIpc) is 2.60. The van der Waals surface area contributed by atoms with Gasteiger partial charge in [0.05, 0.1) is 0 Å². The zero-order valence-electron chi connectivity index (χ0n) is 13.7. The highest BCUT2D eigenvalue weighted by Crippen LogP contribution is 2.64. The second kappa shape index (κ2) is 4.17. The van der Waals surface area contributed by atoms with Crippen LogP contribution in [0.15, 0.2) is 0 Å². The molecule has 3 heteroatoms. The first kappa shape index (κ1) is 15.2. The lowest BCUT2D eigenvalue weighted by Gasteiger charge is -2.42. The second-order valence-electron chi connectivity index (χ2n) is 8.66. The third-order valence-corrected chi connectivity index (χ3v) is 11.2. The van der Waals surface area contributed by atoms with Gasteiger partial charge in [-0.05, 0) is 36.9 Å². The van der Waals surface area contributed by atoms with E-state index in [1.807, 2.05) is 0 Å². The van der Waals surface area contributed by atoms with E-state index in [4.69, 9.17) is 4.43 Å². The smallest absolute Gasteiger partial charge is 0.192 e. The Balaban J connectivity index is 2.15. The number of ketones is 1. The fourth-order valence-electron chi connectivity index (χ4n) is 3.58. The van der Waals surface area contributed by atoms with Crippen molar-refractivity contribution in [3.63, 3.8) is 0 Å². The summed E-state index contributed by atoms with van der Waals surface area (Å²) >= 11 is 0. The molecule has 0 aromatic heterocycles. The van der Waals surface area contributed by atoms with E-state index in [2.05, 4.69) is 47.7 Å². The summed E-state index contributed by atoms with van der Waals surface area (Å²) in [4.78, 5) is 12.3. The van der Waals surface area contributed by atoms with Crippen LogP contribution in [0.3, 0.4) is 0 Å². The Morgan fingerprint density at radius 1 is 1.32 bits per heavy atom. The predicted molar refractivity (Wildman–Crippen MR) is 81.7 cm³/mol. The van der Waals surface area contributed by atoms with Gasteiger partial charge in [-0.2, -0.15) is 0 Å². The van der Waals surface area contributed by atoms with Gasteiger partial charge in [-0.1, -0.05) is 34.6 Å². The van der Waals surface area contributed by atoms with Gasteiger partial charge in [-0.15, -0.1) is 0 Å². The molecule has 0 spiro atoms. The van der Waals surface area contributed by atoms with E-state index in [1.165, 1.54) is 6.42 Å². The Bertz CT molecular complexity index is 396. The summed E-state index contributed by atoms with van der Waals surface area (Å²) in [5, 5.41) is 0.242. The minimum Gasteiger partial charge on any atom is -0.416 e. The van der Waals surface area contributed by atoms with Gasteiger partial charge >= 0.3 is 0 Å². The standard InChI is InChI=1S/C16H30O2Si/c1-14(2,3)19(6,7)18-11-16(5)12-8-9-15(16,4)13(17)10-12/h12H,8-11H2,1-7H3/t12-,15+,16+/m0/s1. The maximum Gasteiger partial charge on any atom is 0.192 e. The van der Waals surface area contributed by atoms with Gasteiger partial charge in [0.1, 0.15) is 5.78 Å². The van der Waals surface area contributed by atoms with Crippen LogP contribution in [-0.2, 0) is 9.22 Å². The minimum absolute atomic E-state index is 0.0691. The lowest BCUT2D eigenvalue weighted by atomic mass is 9.69. The number of fused-ring (bicyclic) bond motifs is 2. The van der Waals surface area contributed by atoms with Gasteiger partial charge in [-0.25, -0.2) is 0 Å². The maximum atomic E-state index is 12.3. The molecule has 0 saturated heterocycles. The molecule has 0 N–H and O–H groups in total. The number of hydrogen-bond donors (Lipinski definition) is 0. The van der Waals surface area contributed by atoms with E-state index in [0.717, 1.165) is 19.4 Å². The zero-order valence-corrected chi connectivity index (χ0v) is 14.7. The first-order valence-corrected chi connectivity index (χ1v) is 10.5. The Kier molecular flexibility index (Phi) is 3.35. The molecule has 2 rings (SSSR count). The van der Waals surface area contributed by atoms with Crippen LogP contribution in [0.5, 0.6) is 0 Å². The van der Waals surface area contributed by atoms with E-state index < -0.39 is 8.32 Å². The van der Waals surface area contributed by atoms with Crippen LogP contribution in [0.2, 0.25) is 18.1 Å². The second-order valence-corrected chi connectivity index (χ2v) is 13.5. The zero-order chi connectivity index (χ0) is 14.7. The highest BCUT2D eigenvalue weighted by atomic mass is 28.4. The molecule has 0 heterocycles. The first-order valence-electron chi connectivity index (χ1n) is 7.61. The van der Waals surface area contributed by atoms with Crippen LogP contribution < -0.4 is 0 Å². The van der Waals surface area contributed by atoms with Crippen molar-refractivity contribution in [3.05, 3.63) is 0 Å². The molecule has 2 fully saturated rings. The van der Waals surface area contributed by atoms with Crippen molar-refractivity contribution < 1.29 is 9.22 Å². The summed E-state index contributed by atoms with van der Waals surface area (Å²) in [7, 11) is -1.72. The molecule has 0 radical (unpaired) electrons. The van der Waals surface area contributed by atoms with Gasteiger partial charge < -0.3 is 4.43 Å². The van der Waals surface area contributed by atoms with E-state index in [9.17, 15) is 4.79 Å². The molecule has 0 aromatic carbocycles. The lowest BCUT2D eigenvalue weighted by molar-refractivity contribution is -0.129. The lowest BCUT2D eigenvalue weighted by Crippen LogP contribution is -2.46. The molecule has 0 aliphatic heterocycles. The molecular formula is C16H30O2Si. The van der Waals surface area contributed by atoms with Crippen LogP contribution in [0.4, 0.5) is 0 Å². The van der Waals surface area contributed by atoms with E-state index >= 15 is 0 Å². The molecule has 2 saturated carbocycles. The normalized spacial score (nSPS) is 39.1. The van der Waals surface area contributed by atoms with E-state index in [0.29, 0.717) is 11.7 Å². The summed E-state index contributed by atoms with van der Waals surface area (Å²) in [6.45, 7) is 16.7. The Hall–Kier alpha value is -0.153. The predicted octanol–water partition coefficient (Wildman–Crippen LogP) is 4.40. The largest absolute Gasteiger partial charge is 0.416 e.